The number of pyridine rings is 1. The zero-order valence-corrected chi connectivity index (χ0v) is 12.6. The van der Waals surface area contributed by atoms with Gasteiger partial charge < -0.3 is 10.1 Å². The van der Waals surface area contributed by atoms with Crippen LogP contribution in [0.15, 0.2) is 47.5 Å². The largest absolute Gasteiger partial charge is 0.497 e. The van der Waals surface area contributed by atoms with Gasteiger partial charge in [0.1, 0.15) is 16.5 Å². The molecule has 0 aliphatic carbocycles. The van der Waals surface area contributed by atoms with Crippen molar-refractivity contribution in [2.24, 2.45) is 0 Å². The van der Waals surface area contributed by atoms with E-state index in [4.69, 9.17) is 4.74 Å². The summed E-state index contributed by atoms with van der Waals surface area (Å²) in [7, 11) is -2.15. The highest BCUT2D eigenvalue weighted by atomic mass is 32.2. The molecule has 0 aliphatic heterocycles. The van der Waals surface area contributed by atoms with Crippen molar-refractivity contribution in [3.05, 3.63) is 42.6 Å². The number of nitrogens with one attached hydrogen (secondary N) is 2. The van der Waals surface area contributed by atoms with Crippen LogP contribution >= 0.6 is 0 Å². The van der Waals surface area contributed by atoms with Gasteiger partial charge in [-0.1, -0.05) is 0 Å². The van der Waals surface area contributed by atoms with Crippen LogP contribution in [0.25, 0.3) is 0 Å². The monoisotopic (exact) mass is 307 g/mol. The normalized spacial score (nSPS) is 11.0. The Balaban J connectivity index is 2.29. The molecule has 2 rings (SSSR count). The van der Waals surface area contributed by atoms with Crippen LogP contribution in [-0.4, -0.2) is 27.1 Å². The zero-order chi connectivity index (χ0) is 15.3. The third-order valence-electron chi connectivity index (χ3n) is 2.75. The van der Waals surface area contributed by atoms with E-state index in [1.807, 2.05) is 6.92 Å². The van der Waals surface area contributed by atoms with Crippen LogP contribution in [0.1, 0.15) is 6.92 Å². The smallest absolute Gasteiger partial charge is 0.265 e. The molecule has 1 aromatic carbocycles. The molecule has 2 N–H and O–H groups in total. The number of ether oxygens (including phenoxy) is 1. The van der Waals surface area contributed by atoms with Gasteiger partial charge in [0.25, 0.3) is 10.0 Å². The molecule has 1 aromatic heterocycles. The topological polar surface area (TPSA) is 80.3 Å². The Hall–Kier alpha value is -2.28. The second-order valence-corrected chi connectivity index (χ2v) is 5.87. The van der Waals surface area contributed by atoms with Gasteiger partial charge in [-0.05, 0) is 43.3 Å². The minimum atomic E-state index is -3.70. The first-order chi connectivity index (χ1) is 10.1. The zero-order valence-electron chi connectivity index (χ0n) is 11.8. The summed E-state index contributed by atoms with van der Waals surface area (Å²) < 4.78 is 32.4. The van der Waals surface area contributed by atoms with Crippen molar-refractivity contribution in [2.45, 2.75) is 11.8 Å². The van der Waals surface area contributed by atoms with Crippen LogP contribution in [0.5, 0.6) is 5.75 Å². The van der Waals surface area contributed by atoms with E-state index in [9.17, 15) is 8.42 Å². The highest BCUT2D eigenvalue weighted by Gasteiger charge is 2.19. The summed E-state index contributed by atoms with van der Waals surface area (Å²) in [5.41, 5.74) is 0.460. The molecular formula is C14H17N3O3S. The van der Waals surface area contributed by atoms with Gasteiger partial charge in [0.15, 0.2) is 0 Å². The van der Waals surface area contributed by atoms with E-state index >= 15 is 0 Å². The molecule has 6 nitrogen and oxygen atoms in total. The average molecular weight is 307 g/mol. The molecule has 0 fully saturated rings. The highest BCUT2D eigenvalue weighted by Crippen LogP contribution is 2.22. The molecule has 0 radical (unpaired) electrons. The number of rotatable bonds is 6. The fraction of sp³-hybridized carbons (Fsp3) is 0.214. The van der Waals surface area contributed by atoms with Crippen LogP contribution in [0.3, 0.4) is 0 Å². The molecule has 2 aromatic rings. The fourth-order valence-electron chi connectivity index (χ4n) is 1.78. The molecule has 0 unspecified atom stereocenters. The summed E-state index contributed by atoms with van der Waals surface area (Å²) in [4.78, 5) is 4.17. The van der Waals surface area contributed by atoms with E-state index in [1.54, 1.807) is 43.6 Å². The number of hydrogen-bond donors (Lipinski definition) is 2. The fourth-order valence-corrected chi connectivity index (χ4v) is 2.97. The third kappa shape index (κ3) is 3.63. The van der Waals surface area contributed by atoms with E-state index < -0.39 is 10.0 Å². The third-order valence-corrected chi connectivity index (χ3v) is 4.16. The number of hydrogen-bond acceptors (Lipinski definition) is 5. The van der Waals surface area contributed by atoms with E-state index in [0.717, 1.165) is 0 Å². The molecule has 7 heteroatoms. The van der Waals surface area contributed by atoms with Crippen LogP contribution in [0.2, 0.25) is 0 Å². The lowest BCUT2D eigenvalue weighted by atomic mass is 10.3. The predicted octanol–water partition coefficient (Wildman–Crippen LogP) is 2.32. The van der Waals surface area contributed by atoms with Gasteiger partial charge in [-0.3, -0.25) is 4.72 Å². The van der Waals surface area contributed by atoms with Gasteiger partial charge in [-0.15, -0.1) is 0 Å². The molecule has 0 aliphatic rings. The minimum absolute atomic E-state index is 0.114. The van der Waals surface area contributed by atoms with Gasteiger partial charge in [0.05, 0.1) is 7.11 Å². The van der Waals surface area contributed by atoms with Gasteiger partial charge in [-0.25, -0.2) is 13.4 Å². The van der Waals surface area contributed by atoms with Crippen LogP contribution < -0.4 is 14.8 Å². The number of sulfonamides is 1. The van der Waals surface area contributed by atoms with Crippen molar-refractivity contribution in [1.82, 2.24) is 4.98 Å². The standard InChI is InChI=1S/C14H17N3O3S/c1-3-15-14-13(5-4-10-16-14)21(18,19)17-11-6-8-12(20-2)9-7-11/h4-10,17H,3H2,1-2H3,(H,15,16). The summed E-state index contributed by atoms with van der Waals surface area (Å²) in [6.07, 6.45) is 1.55. The Kier molecular flexibility index (Phi) is 4.64. The molecule has 0 amide bonds. The molecular weight excluding hydrogens is 290 g/mol. The average Bonchev–Trinajstić information content (AvgIpc) is 2.48. The Bertz CT molecular complexity index is 700. The minimum Gasteiger partial charge on any atom is -0.497 e. The number of aromatic nitrogens is 1. The second kappa shape index (κ2) is 6.45. The second-order valence-electron chi connectivity index (χ2n) is 4.21. The summed E-state index contributed by atoms with van der Waals surface area (Å²) >= 11 is 0. The Morgan fingerprint density at radius 3 is 2.52 bits per heavy atom. The van der Waals surface area contributed by atoms with E-state index in [-0.39, 0.29) is 4.90 Å². The molecule has 112 valence electrons. The van der Waals surface area contributed by atoms with Crippen molar-refractivity contribution in [3.8, 4) is 5.75 Å². The van der Waals surface area contributed by atoms with E-state index in [0.29, 0.717) is 23.8 Å². The van der Waals surface area contributed by atoms with Crippen LogP contribution in [-0.2, 0) is 10.0 Å². The van der Waals surface area contributed by atoms with Gasteiger partial charge >= 0.3 is 0 Å². The summed E-state index contributed by atoms with van der Waals surface area (Å²) in [6.45, 7) is 2.46. The van der Waals surface area contributed by atoms with Crippen molar-refractivity contribution in [1.29, 1.82) is 0 Å². The summed E-state index contributed by atoms with van der Waals surface area (Å²) in [6, 6.07) is 9.75. The number of nitrogens with zero attached hydrogens (tertiary/aromatic N) is 1. The maximum Gasteiger partial charge on any atom is 0.265 e. The van der Waals surface area contributed by atoms with E-state index in [1.165, 1.54) is 6.07 Å². The number of anilines is 2. The maximum atomic E-state index is 12.4. The molecule has 0 saturated carbocycles. The molecule has 0 spiro atoms. The lowest BCUT2D eigenvalue weighted by molar-refractivity contribution is 0.415. The van der Waals surface area contributed by atoms with Gasteiger partial charge in [0, 0.05) is 18.4 Å². The van der Waals surface area contributed by atoms with Crippen molar-refractivity contribution >= 4 is 21.5 Å². The predicted molar refractivity (Wildman–Crippen MR) is 82.2 cm³/mol. The maximum absolute atomic E-state index is 12.4. The highest BCUT2D eigenvalue weighted by molar-refractivity contribution is 7.92. The first-order valence-electron chi connectivity index (χ1n) is 6.42. The first kappa shape index (κ1) is 15.1. The molecule has 0 atom stereocenters. The Morgan fingerprint density at radius 2 is 1.90 bits per heavy atom. The quantitative estimate of drug-likeness (QED) is 0.856. The lowest BCUT2D eigenvalue weighted by Gasteiger charge is -2.12. The SMILES string of the molecule is CCNc1ncccc1S(=O)(=O)Nc1ccc(OC)cc1. The van der Waals surface area contributed by atoms with Gasteiger partial charge in [-0.2, -0.15) is 0 Å². The van der Waals surface area contributed by atoms with E-state index in [2.05, 4.69) is 15.0 Å². The van der Waals surface area contributed by atoms with Crippen molar-refractivity contribution in [2.75, 3.05) is 23.7 Å². The molecule has 1 heterocycles. The summed E-state index contributed by atoms with van der Waals surface area (Å²) in [5, 5.41) is 2.94. The number of methoxy groups -OCH3 is 1. The summed E-state index contributed by atoms with van der Waals surface area (Å²) in [5.74, 6) is 0.994. The Morgan fingerprint density at radius 1 is 1.19 bits per heavy atom. The Labute approximate surface area is 124 Å². The van der Waals surface area contributed by atoms with Gasteiger partial charge in [0.2, 0.25) is 0 Å². The molecule has 0 saturated heterocycles. The lowest BCUT2D eigenvalue weighted by Crippen LogP contribution is -2.16. The molecule has 0 bridgehead atoms. The van der Waals surface area contributed by atoms with Crippen molar-refractivity contribution in [3.63, 3.8) is 0 Å². The van der Waals surface area contributed by atoms with Crippen LogP contribution in [0.4, 0.5) is 11.5 Å². The van der Waals surface area contributed by atoms with Crippen molar-refractivity contribution < 1.29 is 13.2 Å². The first-order valence-corrected chi connectivity index (χ1v) is 7.91. The molecule has 21 heavy (non-hydrogen) atoms. The van der Waals surface area contributed by atoms with Crippen LogP contribution in [0, 0.1) is 0 Å². The number of benzene rings is 1.